The number of nitrogens with one attached hydrogen (secondary N) is 1. The van der Waals surface area contributed by atoms with Gasteiger partial charge in [0.25, 0.3) is 5.91 Å². The molecule has 3 aromatic heterocycles. The Morgan fingerprint density at radius 3 is 2.95 bits per heavy atom. The van der Waals surface area contributed by atoms with Gasteiger partial charge in [-0.05, 0) is 19.1 Å². The molecule has 0 radical (unpaired) electrons. The maximum Gasteiger partial charge on any atom is 0.268 e. The summed E-state index contributed by atoms with van der Waals surface area (Å²) in [6, 6.07) is 3.67. The molecule has 3 aromatic rings. The van der Waals surface area contributed by atoms with Crippen LogP contribution in [0.25, 0.3) is 10.2 Å². The van der Waals surface area contributed by atoms with Crippen LogP contribution < -0.4 is 11.1 Å². The zero-order chi connectivity index (χ0) is 14.3. The molecule has 6 nitrogen and oxygen atoms in total. The summed E-state index contributed by atoms with van der Waals surface area (Å²) in [5, 5.41) is 7.82. The second-order valence-corrected chi connectivity index (χ2v) is 5.46. The van der Waals surface area contributed by atoms with Gasteiger partial charge in [0.1, 0.15) is 9.71 Å². The average Bonchev–Trinajstić information content (AvgIpc) is 2.91. The zero-order valence-electron chi connectivity index (χ0n) is 11.0. The number of nitrogens with two attached hydrogens (primary N) is 1. The van der Waals surface area contributed by atoms with Crippen LogP contribution in [-0.4, -0.2) is 20.7 Å². The predicted octanol–water partition coefficient (Wildman–Crippen LogP) is 2.17. The van der Waals surface area contributed by atoms with Gasteiger partial charge in [-0.1, -0.05) is 0 Å². The quantitative estimate of drug-likeness (QED) is 0.756. The smallest absolute Gasteiger partial charge is 0.268 e. The van der Waals surface area contributed by atoms with Gasteiger partial charge in [-0.25, -0.2) is 4.98 Å². The van der Waals surface area contributed by atoms with Crippen molar-refractivity contribution >= 4 is 38.8 Å². The van der Waals surface area contributed by atoms with E-state index in [0.29, 0.717) is 16.3 Å². The first-order valence-electron chi connectivity index (χ1n) is 6.01. The van der Waals surface area contributed by atoms with Crippen molar-refractivity contribution in [3.63, 3.8) is 0 Å². The van der Waals surface area contributed by atoms with Gasteiger partial charge < -0.3 is 11.1 Å². The topological polar surface area (TPSA) is 85.8 Å². The van der Waals surface area contributed by atoms with E-state index >= 15 is 0 Å². The first-order valence-corrected chi connectivity index (χ1v) is 6.82. The molecule has 7 heteroatoms. The molecule has 0 unspecified atom stereocenters. The minimum Gasteiger partial charge on any atom is -0.397 e. The molecule has 1 amide bonds. The van der Waals surface area contributed by atoms with Gasteiger partial charge in [0, 0.05) is 24.8 Å². The van der Waals surface area contributed by atoms with Crippen LogP contribution in [0, 0.1) is 6.92 Å². The van der Waals surface area contributed by atoms with E-state index in [4.69, 9.17) is 5.73 Å². The summed E-state index contributed by atoms with van der Waals surface area (Å²) >= 11 is 1.29. The Kier molecular flexibility index (Phi) is 2.90. The van der Waals surface area contributed by atoms with E-state index in [1.165, 1.54) is 11.3 Å². The van der Waals surface area contributed by atoms with Crippen LogP contribution in [0.15, 0.2) is 24.5 Å². The van der Waals surface area contributed by atoms with Crippen molar-refractivity contribution < 1.29 is 4.79 Å². The molecule has 0 atom stereocenters. The molecular formula is C13H13N5OS. The van der Waals surface area contributed by atoms with Crippen molar-refractivity contribution in [3.8, 4) is 0 Å². The molecule has 20 heavy (non-hydrogen) atoms. The number of carbonyl (C=O) groups excluding carboxylic acids is 1. The number of amides is 1. The monoisotopic (exact) mass is 287 g/mol. The zero-order valence-corrected chi connectivity index (χ0v) is 11.9. The Morgan fingerprint density at radius 2 is 2.30 bits per heavy atom. The highest BCUT2D eigenvalue weighted by Gasteiger charge is 2.18. The van der Waals surface area contributed by atoms with Crippen molar-refractivity contribution in [1.82, 2.24) is 14.8 Å². The second kappa shape index (κ2) is 4.61. The lowest BCUT2D eigenvalue weighted by molar-refractivity contribution is 0.103. The van der Waals surface area contributed by atoms with Crippen molar-refractivity contribution in [2.24, 2.45) is 7.05 Å². The lowest BCUT2D eigenvalue weighted by atomic mass is 10.2. The number of rotatable bonds is 2. The molecule has 0 aliphatic heterocycles. The van der Waals surface area contributed by atoms with Crippen LogP contribution in [-0.2, 0) is 7.05 Å². The molecule has 0 aliphatic carbocycles. The van der Waals surface area contributed by atoms with E-state index in [2.05, 4.69) is 15.4 Å². The minimum absolute atomic E-state index is 0.235. The molecule has 0 aliphatic rings. The van der Waals surface area contributed by atoms with Crippen molar-refractivity contribution in [2.75, 3.05) is 11.1 Å². The lowest BCUT2D eigenvalue weighted by Crippen LogP contribution is -2.12. The van der Waals surface area contributed by atoms with Gasteiger partial charge in [-0.2, -0.15) is 5.10 Å². The van der Waals surface area contributed by atoms with Gasteiger partial charge in [0.15, 0.2) is 0 Å². The fraction of sp³-hybridized carbons (Fsp3) is 0.154. The summed E-state index contributed by atoms with van der Waals surface area (Å²) in [7, 11) is 1.81. The molecule has 3 heterocycles. The Balaban J connectivity index is 1.96. The number of aryl methyl sites for hydroxylation is 2. The highest BCUT2D eigenvalue weighted by atomic mass is 32.1. The Hall–Kier alpha value is -2.41. The van der Waals surface area contributed by atoms with Gasteiger partial charge in [0.2, 0.25) is 0 Å². The van der Waals surface area contributed by atoms with E-state index in [0.717, 1.165) is 15.9 Å². The summed E-state index contributed by atoms with van der Waals surface area (Å²) in [6.07, 6.45) is 3.44. The molecule has 3 rings (SSSR count). The number of thiophene rings is 1. The summed E-state index contributed by atoms with van der Waals surface area (Å²) in [6.45, 7) is 1.84. The number of carbonyl (C=O) groups is 1. The van der Waals surface area contributed by atoms with Crippen LogP contribution in [0.1, 0.15) is 15.4 Å². The van der Waals surface area contributed by atoms with Gasteiger partial charge in [-0.3, -0.25) is 9.48 Å². The largest absolute Gasteiger partial charge is 0.397 e. The number of nitrogens with zero attached hydrogens (tertiary/aromatic N) is 3. The first kappa shape index (κ1) is 12.6. The highest BCUT2D eigenvalue weighted by molar-refractivity contribution is 7.21. The first-order chi connectivity index (χ1) is 9.56. The number of anilines is 2. The van der Waals surface area contributed by atoms with Crippen molar-refractivity contribution in [1.29, 1.82) is 0 Å². The predicted molar refractivity (Wildman–Crippen MR) is 79.9 cm³/mol. The minimum atomic E-state index is -0.235. The van der Waals surface area contributed by atoms with E-state index in [-0.39, 0.29) is 5.91 Å². The van der Waals surface area contributed by atoms with E-state index in [1.54, 1.807) is 30.2 Å². The van der Waals surface area contributed by atoms with Crippen LogP contribution in [0.4, 0.5) is 11.4 Å². The molecule has 0 spiro atoms. The summed E-state index contributed by atoms with van der Waals surface area (Å²) in [5.74, 6) is -0.235. The van der Waals surface area contributed by atoms with Crippen molar-refractivity contribution in [3.05, 3.63) is 35.1 Å². The van der Waals surface area contributed by atoms with Crippen molar-refractivity contribution in [2.45, 2.75) is 6.92 Å². The van der Waals surface area contributed by atoms with E-state index < -0.39 is 0 Å². The normalized spacial score (nSPS) is 10.9. The summed E-state index contributed by atoms with van der Waals surface area (Å²) < 4.78 is 1.65. The molecular weight excluding hydrogens is 274 g/mol. The van der Waals surface area contributed by atoms with E-state index in [1.807, 2.05) is 13.0 Å². The lowest BCUT2D eigenvalue weighted by Gasteiger charge is -2.02. The Morgan fingerprint density at radius 1 is 1.50 bits per heavy atom. The average molecular weight is 287 g/mol. The number of pyridine rings is 1. The third-order valence-electron chi connectivity index (χ3n) is 2.97. The number of fused-ring (bicyclic) bond motifs is 1. The maximum atomic E-state index is 12.3. The van der Waals surface area contributed by atoms with Crippen LogP contribution in [0.2, 0.25) is 0 Å². The molecule has 0 saturated carbocycles. The molecule has 0 aromatic carbocycles. The maximum absolute atomic E-state index is 12.3. The molecule has 102 valence electrons. The molecule has 0 fully saturated rings. The van der Waals surface area contributed by atoms with Crippen LogP contribution in [0.3, 0.4) is 0 Å². The van der Waals surface area contributed by atoms with Crippen LogP contribution in [0.5, 0.6) is 0 Å². The third-order valence-corrected chi connectivity index (χ3v) is 4.10. The van der Waals surface area contributed by atoms with Gasteiger partial charge in [0.05, 0.1) is 17.1 Å². The third kappa shape index (κ3) is 2.01. The van der Waals surface area contributed by atoms with E-state index in [9.17, 15) is 4.79 Å². The Bertz CT molecular complexity index is 804. The fourth-order valence-electron chi connectivity index (χ4n) is 2.02. The number of aromatic nitrogens is 3. The Labute approximate surface area is 119 Å². The number of nitrogen functional groups attached to an aromatic ring is 1. The molecule has 0 saturated heterocycles. The fourth-order valence-corrected chi connectivity index (χ4v) is 2.98. The van der Waals surface area contributed by atoms with Gasteiger partial charge in [-0.15, -0.1) is 11.3 Å². The SMILES string of the molecule is Cc1nn(C)cc1NC(=O)c1sc2ncccc2c1N. The standard InChI is InChI=1S/C13H13N5OS/c1-7-9(6-18(2)17-7)16-12(19)11-10(14)8-4-3-5-15-13(8)20-11/h3-6H,14H2,1-2H3,(H,16,19). The molecule has 3 N–H and O–H groups in total. The van der Waals surface area contributed by atoms with Gasteiger partial charge >= 0.3 is 0 Å². The number of hydrogen-bond donors (Lipinski definition) is 2. The summed E-state index contributed by atoms with van der Waals surface area (Å²) in [5.41, 5.74) is 7.94. The summed E-state index contributed by atoms with van der Waals surface area (Å²) in [4.78, 5) is 17.8. The second-order valence-electron chi connectivity index (χ2n) is 4.46. The highest BCUT2D eigenvalue weighted by Crippen LogP contribution is 2.32. The molecule has 0 bridgehead atoms. The van der Waals surface area contributed by atoms with Crippen LogP contribution >= 0.6 is 11.3 Å². The number of hydrogen-bond acceptors (Lipinski definition) is 5.